The summed E-state index contributed by atoms with van der Waals surface area (Å²) in [6, 6.07) is 14.0. The van der Waals surface area contributed by atoms with Gasteiger partial charge in [0.15, 0.2) is 0 Å². The third-order valence-electron chi connectivity index (χ3n) is 6.96. The molecule has 4 rings (SSSR count). The number of hydroxylamine groups is 1. The summed E-state index contributed by atoms with van der Waals surface area (Å²) in [5.74, 6) is 4.42. The van der Waals surface area contributed by atoms with Crippen molar-refractivity contribution in [3.05, 3.63) is 76.9 Å². The van der Waals surface area contributed by atoms with Crippen LogP contribution in [0.4, 0.5) is 0 Å². The topological polar surface area (TPSA) is 125 Å². The summed E-state index contributed by atoms with van der Waals surface area (Å²) in [4.78, 5) is 27.3. The maximum absolute atomic E-state index is 12.8. The van der Waals surface area contributed by atoms with Crippen LogP contribution in [-0.2, 0) is 25.9 Å². The van der Waals surface area contributed by atoms with Gasteiger partial charge in [0.25, 0.3) is 11.8 Å². The van der Waals surface area contributed by atoms with Gasteiger partial charge in [0.1, 0.15) is 15.9 Å². The molecule has 0 radical (unpaired) electrons. The van der Waals surface area contributed by atoms with Crippen LogP contribution in [0.1, 0.15) is 39.9 Å². The van der Waals surface area contributed by atoms with Crippen molar-refractivity contribution in [1.29, 1.82) is 0 Å². The van der Waals surface area contributed by atoms with E-state index in [1.165, 1.54) is 5.56 Å². The van der Waals surface area contributed by atoms with Crippen molar-refractivity contribution in [2.75, 3.05) is 37.8 Å². The maximum atomic E-state index is 12.8. The number of hydrogen-bond acceptors (Lipinski definition) is 7. The van der Waals surface area contributed by atoms with E-state index in [4.69, 9.17) is 9.94 Å². The van der Waals surface area contributed by atoms with E-state index in [9.17, 15) is 18.0 Å². The second kappa shape index (κ2) is 13.5. The number of nitrogens with zero attached hydrogens (tertiary/aromatic N) is 1. The largest absolute Gasteiger partial charge is 0.379 e. The van der Waals surface area contributed by atoms with Gasteiger partial charge in [0.05, 0.1) is 24.7 Å². The second-order valence-corrected chi connectivity index (χ2v) is 12.0. The molecule has 2 aliphatic heterocycles. The number of carbonyl (C=O) groups is 2. The summed E-state index contributed by atoms with van der Waals surface area (Å²) >= 11 is 0. The Morgan fingerprint density at radius 2 is 1.72 bits per heavy atom. The summed E-state index contributed by atoms with van der Waals surface area (Å²) in [7, 11) is -3.13. The number of amides is 2. The molecular formula is C29H33N3O6S. The standard InChI is InChI=1S/C29H33N3O6S/c33-28(30-27(29(34)31-35)25-13-19-39(36,37)20-14-25)26-11-9-23(10-12-26)4-2-1-3-22-5-7-24(8-6-22)21-32-15-17-38-18-16-32/h2,4-12,25,27,35H,13-21H2,(H,30,33)(H,31,34)/b4-2+. The van der Waals surface area contributed by atoms with Crippen LogP contribution in [0.5, 0.6) is 0 Å². The SMILES string of the molecule is O=C(NC(C(=O)NO)C1CCS(=O)(=O)CC1)c1ccc(/C=C/C#Cc2ccc(CN3CCOCC3)cc2)cc1. The summed E-state index contributed by atoms with van der Waals surface area (Å²) in [5.41, 5.74) is 4.94. The van der Waals surface area contributed by atoms with E-state index >= 15 is 0 Å². The Bertz CT molecular complexity index is 1320. The zero-order valence-corrected chi connectivity index (χ0v) is 22.5. The monoisotopic (exact) mass is 551 g/mol. The number of nitrogens with one attached hydrogen (secondary N) is 2. The molecule has 1 unspecified atom stereocenters. The van der Waals surface area contributed by atoms with Crippen molar-refractivity contribution >= 4 is 27.7 Å². The van der Waals surface area contributed by atoms with Crippen molar-refractivity contribution in [3.63, 3.8) is 0 Å². The van der Waals surface area contributed by atoms with Crippen molar-refractivity contribution in [1.82, 2.24) is 15.7 Å². The van der Waals surface area contributed by atoms with Crippen LogP contribution < -0.4 is 10.8 Å². The van der Waals surface area contributed by atoms with Gasteiger partial charge in [0.2, 0.25) is 0 Å². The number of morpholine rings is 1. The highest BCUT2D eigenvalue weighted by Gasteiger charge is 2.34. The fourth-order valence-corrected chi connectivity index (χ4v) is 6.18. The minimum atomic E-state index is -3.13. The van der Waals surface area contributed by atoms with Gasteiger partial charge in [0, 0.05) is 30.8 Å². The van der Waals surface area contributed by atoms with Gasteiger partial charge in [-0.15, -0.1) is 0 Å². The van der Waals surface area contributed by atoms with Gasteiger partial charge in [-0.25, -0.2) is 13.9 Å². The molecule has 3 N–H and O–H groups in total. The average molecular weight is 552 g/mol. The Kier molecular flexibility index (Phi) is 9.90. The summed E-state index contributed by atoms with van der Waals surface area (Å²) in [6.07, 6.45) is 4.07. The molecule has 2 aromatic carbocycles. The molecule has 2 saturated heterocycles. The number of carbonyl (C=O) groups excluding carboxylic acids is 2. The van der Waals surface area contributed by atoms with E-state index in [0.29, 0.717) is 5.56 Å². The van der Waals surface area contributed by atoms with Gasteiger partial charge in [-0.3, -0.25) is 19.7 Å². The van der Waals surface area contributed by atoms with Crippen LogP contribution >= 0.6 is 0 Å². The highest BCUT2D eigenvalue weighted by Crippen LogP contribution is 2.23. The Morgan fingerprint density at radius 1 is 1.05 bits per heavy atom. The maximum Gasteiger partial charge on any atom is 0.266 e. The van der Waals surface area contributed by atoms with E-state index in [2.05, 4.69) is 34.2 Å². The van der Waals surface area contributed by atoms with Crippen molar-refractivity contribution in [2.45, 2.75) is 25.4 Å². The quantitative estimate of drug-likeness (QED) is 0.273. The van der Waals surface area contributed by atoms with Gasteiger partial charge < -0.3 is 10.1 Å². The molecule has 39 heavy (non-hydrogen) atoms. The molecule has 0 saturated carbocycles. The lowest BCUT2D eigenvalue weighted by atomic mass is 9.92. The number of hydrogen-bond donors (Lipinski definition) is 3. The van der Waals surface area contributed by atoms with Crippen LogP contribution in [0.15, 0.2) is 54.6 Å². The first-order valence-electron chi connectivity index (χ1n) is 13.0. The molecule has 0 spiro atoms. The third kappa shape index (κ3) is 8.50. The Labute approximate surface area is 229 Å². The van der Waals surface area contributed by atoms with Gasteiger partial charge in [-0.1, -0.05) is 36.1 Å². The average Bonchev–Trinajstić information content (AvgIpc) is 2.95. The number of ether oxygens (including phenoxy) is 1. The first-order valence-corrected chi connectivity index (χ1v) is 14.8. The molecule has 2 aliphatic rings. The molecule has 9 nitrogen and oxygen atoms in total. The molecule has 206 valence electrons. The first kappa shape index (κ1) is 28.5. The highest BCUT2D eigenvalue weighted by atomic mass is 32.2. The van der Waals surface area contributed by atoms with E-state index in [1.54, 1.807) is 35.8 Å². The van der Waals surface area contributed by atoms with E-state index in [0.717, 1.165) is 44.0 Å². The number of allylic oxidation sites excluding steroid dienone is 1. The minimum absolute atomic E-state index is 0.0487. The molecule has 2 fully saturated rings. The zero-order chi connectivity index (χ0) is 27.7. The first-order chi connectivity index (χ1) is 18.8. The predicted molar refractivity (Wildman–Crippen MR) is 147 cm³/mol. The Balaban J connectivity index is 1.30. The van der Waals surface area contributed by atoms with E-state index in [-0.39, 0.29) is 30.3 Å². The van der Waals surface area contributed by atoms with Gasteiger partial charge in [-0.2, -0.15) is 0 Å². The van der Waals surface area contributed by atoms with Crippen LogP contribution in [0.2, 0.25) is 0 Å². The number of sulfone groups is 1. The van der Waals surface area contributed by atoms with Crippen LogP contribution in [0, 0.1) is 17.8 Å². The lowest BCUT2D eigenvalue weighted by Gasteiger charge is -2.29. The van der Waals surface area contributed by atoms with Crippen molar-refractivity contribution < 1.29 is 28.0 Å². The fraction of sp³-hybridized carbons (Fsp3) is 0.379. The number of benzene rings is 2. The molecule has 2 amide bonds. The summed E-state index contributed by atoms with van der Waals surface area (Å²) in [5, 5.41) is 11.8. The molecule has 0 aromatic heterocycles. The van der Waals surface area contributed by atoms with E-state index < -0.39 is 27.7 Å². The fourth-order valence-electron chi connectivity index (χ4n) is 4.65. The third-order valence-corrected chi connectivity index (χ3v) is 8.68. The molecule has 2 heterocycles. The highest BCUT2D eigenvalue weighted by molar-refractivity contribution is 7.91. The second-order valence-electron chi connectivity index (χ2n) is 9.73. The Hall–Kier alpha value is -3.49. The van der Waals surface area contributed by atoms with Gasteiger partial charge >= 0.3 is 0 Å². The lowest BCUT2D eigenvalue weighted by molar-refractivity contribution is -0.132. The van der Waals surface area contributed by atoms with Crippen LogP contribution in [0.3, 0.4) is 0 Å². The Morgan fingerprint density at radius 3 is 2.36 bits per heavy atom. The lowest BCUT2D eigenvalue weighted by Crippen LogP contribution is -2.51. The van der Waals surface area contributed by atoms with Gasteiger partial charge in [-0.05, 0) is 66.3 Å². The predicted octanol–water partition coefficient (Wildman–Crippen LogP) is 2.01. The van der Waals surface area contributed by atoms with E-state index in [1.807, 2.05) is 18.2 Å². The number of rotatable bonds is 7. The minimum Gasteiger partial charge on any atom is -0.379 e. The van der Waals surface area contributed by atoms with Crippen molar-refractivity contribution in [3.8, 4) is 11.8 Å². The molecule has 0 aliphatic carbocycles. The van der Waals surface area contributed by atoms with Crippen molar-refractivity contribution in [2.24, 2.45) is 5.92 Å². The summed E-state index contributed by atoms with van der Waals surface area (Å²) < 4.78 is 28.8. The van der Waals surface area contributed by atoms with Crippen LogP contribution in [0.25, 0.3) is 6.08 Å². The smallest absolute Gasteiger partial charge is 0.266 e. The molecule has 1 atom stereocenters. The molecule has 2 aromatic rings. The normalized spacial score (nSPS) is 18.6. The summed E-state index contributed by atoms with van der Waals surface area (Å²) in [6.45, 7) is 4.38. The molecule has 10 heteroatoms. The zero-order valence-electron chi connectivity index (χ0n) is 21.6. The molecular weight excluding hydrogens is 518 g/mol. The molecule has 0 bridgehead atoms. The van der Waals surface area contributed by atoms with Crippen LogP contribution in [-0.4, -0.2) is 74.2 Å².